The highest BCUT2D eigenvalue weighted by molar-refractivity contribution is 9.10. The maximum Gasteiger partial charge on any atom is 0.194 e. The lowest BCUT2D eigenvalue weighted by Crippen LogP contribution is -2.08. The van der Waals surface area contributed by atoms with Crippen LogP contribution in [0.25, 0.3) is 11.3 Å². The van der Waals surface area contributed by atoms with Crippen LogP contribution in [-0.4, -0.2) is 18.6 Å². The molecule has 1 heterocycles. The maximum atomic E-state index is 13.7. The van der Waals surface area contributed by atoms with E-state index in [1.165, 1.54) is 18.3 Å². The molecule has 0 saturated carbocycles. The van der Waals surface area contributed by atoms with E-state index in [0.29, 0.717) is 16.8 Å². The second-order valence-electron chi connectivity index (χ2n) is 4.07. The molecule has 1 N–H and O–H groups in total. The number of hydrogen-bond donors (Lipinski definition) is 1. The molecule has 0 amide bonds. The Morgan fingerprint density at radius 3 is 2.63 bits per heavy atom. The van der Waals surface area contributed by atoms with Gasteiger partial charge in [-0.1, -0.05) is 15.9 Å². The summed E-state index contributed by atoms with van der Waals surface area (Å²) in [7, 11) is 1.85. The van der Waals surface area contributed by atoms with E-state index in [1.54, 1.807) is 0 Å². The van der Waals surface area contributed by atoms with Gasteiger partial charge in [0.2, 0.25) is 0 Å². The Kier molecular flexibility index (Phi) is 4.66. The van der Waals surface area contributed by atoms with Crippen molar-refractivity contribution in [1.29, 1.82) is 0 Å². The van der Waals surface area contributed by atoms with Gasteiger partial charge in [0.1, 0.15) is 11.6 Å². The summed E-state index contributed by atoms with van der Waals surface area (Å²) in [6.07, 6.45) is 2.83. The Morgan fingerprint density at radius 2 is 2.00 bits per heavy atom. The van der Waals surface area contributed by atoms with Crippen molar-refractivity contribution in [3.05, 3.63) is 40.3 Å². The molecule has 0 spiro atoms. The molecule has 2 rings (SSSR count). The molecule has 102 valence electrons. The normalized spacial score (nSPS) is 10.9. The van der Waals surface area contributed by atoms with Crippen LogP contribution < -0.4 is 5.32 Å². The van der Waals surface area contributed by atoms with Gasteiger partial charge in [0, 0.05) is 10.9 Å². The van der Waals surface area contributed by atoms with Crippen molar-refractivity contribution < 1.29 is 13.2 Å². The highest BCUT2D eigenvalue weighted by atomic mass is 79.9. The molecule has 0 aliphatic rings. The Labute approximate surface area is 118 Å². The van der Waals surface area contributed by atoms with Crippen molar-refractivity contribution in [2.45, 2.75) is 12.8 Å². The molecular weight excluding hydrogens is 318 g/mol. The third-order valence-corrected chi connectivity index (χ3v) is 3.08. The lowest BCUT2D eigenvalue weighted by molar-refractivity contribution is 0.487. The molecule has 0 aliphatic heterocycles. The van der Waals surface area contributed by atoms with Gasteiger partial charge in [-0.15, -0.1) is 0 Å². The van der Waals surface area contributed by atoms with Crippen LogP contribution in [0.5, 0.6) is 0 Å². The molecule has 2 aromatic rings. The second-order valence-corrected chi connectivity index (χ2v) is 4.99. The quantitative estimate of drug-likeness (QED) is 0.852. The molecule has 1 aromatic heterocycles. The highest BCUT2D eigenvalue weighted by Crippen LogP contribution is 2.29. The summed E-state index contributed by atoms with van der Waals surface area (Å²) < 4.78 is 33.2. The number of nitrogens with zero attached hydrogens (tertiary/aromatic N) is 1. The fourth-order valence-electron chi connectivity index (χ4n) is 1.74. The average Bonchev–Trinajstić information content (AvgIpc) is 2.76. The van der Waals surface area contributed by atoms with Gasteiger partial charge < -0.3 is 9.73 Å². The molecule has 0 bridgehead atoms. The van der Waals surface area contributed by atoms with E-state index in [1.807, 2.05) is 7.05 Å². The van der Waals surface area contributed by atoms with E-state index in [9.17, 15) is 8.78 Å². The lowest BCUT2D eigenvalue weighted by Gasteiger charge is -2.02. The van der Waals surface area contributed by atoms with Crippen LogP contribution in [0.2, 0.25) is 0 Å². The first-order valence-corrected chi connectivity index (χ1v) is 6.65. The molecule has 0 saturated heterocycles. The van der Waals surface area contributed by atoms with Crippen LogP contribution >= 0.6 is 15.9 Å². The number of benzene rings is 1. The van der Waals surface area contributed by atoms with Crippen LogP contribution in [0, 0.1) is 11.6 Å². The fourth-order valence-corrected chi connectivity index (χ4v) is 2.14. The van der Waals surface area contributed by atoms with E-state index in [-0.39, 0.29) is 11.3 Å². The SMILES string of the molecule is CNCCCc1ncc(-c2c(F)cc(Br)cc2F)o1. The maximum absolute atomic E-state index is 13.7. The van der Waals surface area contributed by atoms with Crippen LogP contribution in [0.4, 0.5) is 8.78 Å². The largest absolute Gasteiger partial charge is 0.441 e. The summed E-state index contributed by atoms with van der Waals surface area (Å²) in [4.78, 5) is 4.03. The van der Waals surface area contributed by atoms with Crippen LogP contribution in [0.15, 0.2) is 27.2 Å². The minimum atomic E-state index is -0.676. The summed E-state index contributed by atoms with van der Waals surface area (Å²) in [6, 6.07) is 2.39. The molecular formula is C13H13BrF2N2O. The van der Waals surface area contributed by atoms with E-state index in [2.05, 4.69) is 26.2 Å². The van der Waals surface area contributed by atoms with Crippen molar-refractivity contribution in [2.24, 2.45) is 0 Å². The smallest absolute Gasteiger partial charge is 0.194 e. The zero-order valence-electron chi connectivity index (χ0n) is 10.3. The zero-order chi connectivity index (χ0) is 13.8. The summed E-state index contributed by atoms with van der Waals surface area (Å²) in [5.41, 5.74) is -0.185. The number of nitrogens with one attached hydrogen (secondary N) is 1. The predicted octanol–water partition coefficient (Wildman–Crippen LogP) is 3.53. The minimum absolute atomic E-state index is 0.113. The first kappa shape index (κ1) is 14.1. The lowest BCUT2D eigenvalue weighted by atomic mass is 10.1. The molecule has 19 heavy (non-hydrogen) atoms. The fraction of sp³-hybridized carbons (Fsp3) is 0.308. The Balaban J connectivity index is 2.23. The molecule has 0 unspecified atom stereocenters. The minimum Gasteiger partial charge on any atom is -0.441 e. The van der Waals surface area contributed by atoms with Crippen LogP contribution in [0.1, 0.15) is 12.3 Å². The van der Waals surface area contributed by atoms with Gasteiger partial charge in [-0.2, -0.15) is 0 Å². The molecule has 0 radical (unpaired) electrons. The summed E-state index contributed by atoms with van der Waals surface area (Å²) in [6.45, 7) is 0.832. The third kappa shape index (κ3) is 3.39. The van der Waals surface area contributed by atoms with Gasteiger partial charge in [0.25, 0.3) is 0 Å². The molecule has 0 aliphatic carbocycles. The number of hydrogen-bond acceptors (Lipinski definition) is 3. The van der Waals surface area contributed by atoms with Crippen LogP contribution in [0.3, 0.4) is 0 Å². The van der Waals surface area contributed by atoms with Crippen LogP contribution in [-0.2, 0) is 6.42 Å². The number of aryl methyl sites for hydroxylation is 1. The van der Waals surface area contributed by atoms with Crippen molar-refractivity contribution in [2.75, 3.05) is 13.6 Å². The molecule has 6 heteroatoms. The summed E-state index contributed by atoms with van der Waals surface area (Å²) >= 11 is 3.03. The van der Waals surface area contributed by atoms with Gasteiger partial charge in [0.15, 0.2) is 11.7 Å². The molecule has 3 nitrogen and oxygen atoms in total. The van der Waals surface area contributed by atoms with E-state index in [4.69, 9.17) is 4.42 Å². The summed E-state index contributed by atoms with van der Waals surface area (Å²) in [5, 5.41) is 3.01. The second kappa shape index (κ2) is 6.25. The molecule has 0 fully saturated rings. The highest BCUT2D eigenvalue weighted by Gasteiger charge is 2.17. The number of aromatic nitrogens is 1. The van der Waals surface area contributed by atoms with Gasteiger partial charge >= 0.3 is 0 Å². The standard InChI is InChI=1S/C13H13BrF2N2O/c1-17-4-2-3-12-18-7-11(19-12)13-9(15)5-8(14)6-10(13)16/h5-7,17H,2-4H2,1H3. The van der Waals surface area contributed by atoms with E-state index < -0.39 is 11.6 Å². The Morgan fingerprint density at radius 1 is 1.32 bits per heavy atom. The predicted molar refractivity (Wildman–Crippen MR) is 71.8 cm³/mol. The van der Waals surface area contributed by atoms with Gasteiger partial charge in [-0.25, -0.2) is 13.8 Å². The average molecular weight is 331 g/mol. The van der Waals surface area contributed by atoms with Crippen molar-refractivity contribution in [1.82, 2.24) is 10.3 Å². The zero-order valence-corrected chi connectivity index (χ0v) is 11.9. The Bertz CT molecular complexity index is 549. The van der Waals surface area contributed by atoms with E-state index in [0.717, 1.165) is 13.0 Å². The first-order valence-electron chi connectivity index (χ1n) is 5.86. The number of halogens is 3. The molecule has 0 atom stereocenters. The Hall–Kier alpha value is -1.27. The van der Waals surface area contributed by atoms with Crippen molar-refractivity contribution >= 4 is 15.9 Å². The van der Waals surface area contributed by atoms with Crippen molar-refractivity contribution in [3.63, 3.8) is 0 Å². The van der Waals surface area contributed by atoms with Crippen molar-refractivity contribution in [3.8, 4) is 11.3 Å². The molecule has 1 aromatic carbocycles. The summed E-state index contributed by atoms with van der Waals surface area (Å²) in [5.74, 6) is -0.761. The monoisotopic (exact) mass is 330 g/mol. The van der Waals surface area contributed by atoms with Gasteiger partial charge in [0.05, 0.1) is 11.8 Å². The van der Waals surface area contributed by atoms with Gasteiger partial charge in [-0.3, -0.25) is 0 Å². The number of rotatable bonds is 5. The first-order chi connectivity index (χ1) is 9.11. The third-order valence-electron chi connectivity index (χ3n) is 2.62. The number of oxazole rings is 1. The van der Waals surface area contributed by atoms with Gasteiger partial charge in [-0.05, 0) is 32.1 Å². The van der Waals surface area contributed by atoms with E-state index >= 15 is 0 Å². The topological polar surface area (TPSA) is 38.1 Å².